The highest BCUT2D eigenvalue weighted by Gasteiger charge is 2.20. The normalized spacial score (nSPS) is 18.3. The highest BCUT2D eigenvalue weighted by atomic mass is 32.1. The molecule has 4 nitrogen and oxygen atoms in total. The molecule has 0 unspecified atom stereocenters. The van der Waals surface area contributed by atoms with E-state index in [4.69, 9.17) is 4.74 Å². The maximum Gasteiger partial charge on any atom is 0.348 e. The SMILES string of the molecule is O=C(COC(=O)c1cc2c(s1)CCCC2)NC1CCCC1. The first-order chi connectivity index (χ1) is 10.2. The molecule has 0 aliphatic heterocycles. The third kappa shape index (κ3) is 3.64. The van der Waals surface area contributed by atoms with Crippen molar-refractivity contribution in [3.63, 3.8) is 0 Å². The Bertz CT molecular complexity index is 508. The van der Waals surface area contributed by atoms with Crippen molar-refractivity contribution in [2.24, 2.45) is 0 Å². The molecule has 0 saturated heterocycles. The Labute approximate surface area is 128 Å². The molecule has 1 heterocycles. The lowest BCUT2D eigenvalue weighted by molar-refractivity contribution is -0.124. The van der Waals surface area contributed by atoms with Crippen molar-refractivity contribution in [3.8, 4) is 0 Å². The third-order valence-corrected chi connectivity index (χ3v) is 5.47. The summed E-state index contributed by atoms with van der Waals surface area (Å²) in [6, 6.07) is 2.21. The molecule has 1 amide bonds. The molecular weight excluding hydrogens is 286 g/mol. The van der Waals surface area contributed by atoms with Crippen LogP contribution in [0.4, 0.5) is 0 Å². The van der Waals surface area contributed by atoms with Crippen molar-refractivity contribution in [1.82, 2.24) is 5.32 Å². The summed E-state index contributed by atoms with van der Waals surface area (Å²) in [6.07, 6.45) is 8.94. The molecule has 0 bridgehead atoms. The van der Waals surface area contributed by atoms with Gasteiger partial charge in [0.05, 0.1) is 0 Å². The minimum absolute atomic E-state index is 0.169. The molecular formula is C16H21NO3S. The summed E-state index contributed by atoms with van der Waals surface area (Å²) >= 11 is 1.52. The molecule has 0 atom stereocenters. The second-order valence-corrected chi connectivity index (χ2v) is 7.03. The van der Waals surface area contributed by atoms with E-state index in [0.717, 1.165) is 25.7 Å². The number of carbonyl (C=O) groups is 2. The monoisotopic (exact) mass is 307 g/mol. The first-order valence-corrected chi connectivity index (χ1v) is 8.62. The first kappa shape index (κ1) is 14.6. The zero-order chi connectivity index (χ0) is 14.7. The average molecular weight is 307 g/mol. The summed E-state index contributed by atoms with van der Waals surface area (Å²) in [6.45, 7) is -0.169. The van der Waals surface area contributed by atoms with Crippen molar-refractivity contribution in [2.75, 3.05) is 6.61 Å². The third-order valence-electron chi connectivity index (χ3n) is 4.25. The van der Waals surface area contributed by atoms with Crippen LogP contribution in [0.2, 0.25) is 0 Å². The van der Waals surface area contributed by atoms with E-state index in [1.807, 2.05) is 6.07 Å². The van der Waals surface area contributed by atoms with Gasteiger partial charge in [0.1, 0.15) is 4.88 Å². The molecule has 1 aromatic heterocycles. The number of aryl methyl sites for hydroxylation is 2. The van der Waals surface area contributed by atoms with Gasteiger partial charge in [0.25, 0.3) is 5.91 Å². The Kier molecular flexibility index (Phi) is 4.58. The standard InChI is InChI=1S/C16H21NO3S/c18-15(17-12-6-2-3-7-12)10-20-16(19)14-9-11-5-1-4-8-13(11)21-14/h9,12H,1-8,10H2,(H,17,18). The molecule has 3 rings (SSSR count). The van der Waals surface area contributed by atoms with E-state index in [1.54, 1.807) is 0 Å². The van der Waals surface area contributed by atoms with Crippen molar-refractivity contribution in [1.29, 1.82) is 0 Å². The number of amides is 1. The Morgan fingerprint density at radius 2 is 1.95 bits per heavy atom. The second-order valence-electron chi connectivity index (χ2n) is 5.89. The fourth-order valence-electron chi connectivity index (χ4n) is 3.13. The van der Waals surface area contributed by atoms with E-state index in [1.165, 1.54) is 47.5 Å². The van der Waals surface area contributed by atoms with Crippen LogP contribution in [0.25, 0.3) is 0 Å². The van der Waals surface area contributed by atoms with Gasteiger partial charge < -0.3 is 10.1 Å². The number of hydrogen-bond acceptors (Lipinski definition) is 4. The number of thiophene rings is 1. The summed E-state index contributed by atoms with van der Waals surface area (Å²) < 4.78 is 5.14. The largest absolute Gasteiger partial charge is 0.451 e. The maximum absolute atomic E-state index is 12.0. The average Bonchev–Trinajstić information content (AvgIpc) is 3.13. The zero-order valence-corrected chi connectivity index (χ0v) is 13.0. The van der Waals surface area contributed by atoms with Gasteiger partial charge in [-0.3, -0.25) is 4.79 Å². The molecule has 0 radical (unpaired) electrons. The van der Waals surface area contributed by atoms with Crippen LogP contribution < -0.4 is 5.32 Å². The summed E-state index contributed by atoms with van der Waals surface area (Å²) in [4.78, 5) is 25.7. The van der Waals surface area contributed by atoms with E-state index >= 15 is 0 Å². The minimum Gasteiger partial charge on any atom is -0.451 e. The molecule has 1 saturated carbocycles. The Balaban J connectivity index is 1.49. The van der Waals surface area contributed by atoms with Crippen molar-refractivity contribution < 1.29 is 14.3 Å². The van der Waals surface area contributed by atoms with Gasteiger partial charge in [0, 0.05) is 10.9 Å². The van der Waals surface area contributed by atoms with Crippen LogP contribution in [0, 0.1) is 0 Å². The first-order valence-electron chi connectivity index (χ1n) is 7.80. The molecule has 5 heteroatoms. The second kappa shape index (κ2) is 6.60. The molecule has 0 spiro atoms. The van der Waals surface area contributed by atoms with Gasteiger partial charge in [-0.2, -0.15) is 0 Å². The number of rotatable bonds is 4. The lowest BCUT2D eigenvalue weighted by Gasteiger charge is -2.11. The topological polar surface area (TPSA) is 55.4 Å². The van der Waals surface area contributed by atoms with Crippen molar-refractivity contribution in [2.45, 2.75) is 57.4 Å². The van der Waals surface area contributed by atoms with E-state index in [0.29, 0.717) is 4.88 Å². The maximum atomic E-state index is 12.0. The van der Waals surface area contributed by atoms with Crippen molar-refractivity contribution in [3.05, 3.63) is 21.4 Å². The van der Waals surface area contributed by atoms with Crippen LogP contribution in [0.15, 0.2) is 6.07 Å². The molecule has 21 heavy (non-hydrogen) atoms. The number of carbonyl (C=O) groups excluding carboxylic acids is 2. The molecule has 1 N–H and O–H groups in total. The fourth-order valence-corrected chi connectivity index (χ4v) is 4.28. The number of hydrogen-bond donors (Lipinski definition) is 1. The van der Waals surface area contributed by atoms with Crippen LogP contribution in [-0.2, 0) is 22.4 Å². The summed E-state index contributed by atoms with van der Waals surface area (Å²) in [5.41, 5.74) is 1.29. The van der Waals surface area contributed by atoms with Gasteiger partial charge in [-0.05, 0) is 50.2 Å². The molecule has 114 valence electrons. The molecule has 1 fully saturated rings. The lowest BCUT2D eigenvalue weighted by Crippen LogP contribution is -2.35. The van der Waals surface area contributed by atoms with Crippen molar-refractivity contribution >= 4 is 23.2 Å². The van der Waals surface area contributed by atoms with Crippen LogP contribution in [0.3, 0.4) is 0 Å². The van der Waals surface area contributed by atoms with Gasteiger partial charge >= 0.3 is 5.97 Å². The number of fused-ring (bicyclic) bond motifs is 1. The Morgan fingerprint density at radius 1 is 1.19 bits per heavy atom. The van der Waals surface area contributed by atoms with E-state index < -0.39 is 0 Å². The number of nitrogens with one attached hydrogen (secondary N) is 1. The van der Waals surface area contributed by atoms with E-state index in [9.17, 15) is 9.59 Å². The molecule has 1 aromatic rings. The van der Waals surface area contributed by atoms with Gasteiger partial charge in [-0.15, -0.1) is 11.3 Å². The predicted octanol–water partition coefficient (Wildman–Crippen LogP) is 2.84. The van der Waals surface area contributed by atoms with Gasteiger partial charge in [0.15, 0.2) is 6.61 Å². The lowest BCUT2D eigenvalue weighted by atomic mass is 9.99. The van der Waals surface area contributed by atoms with Crippen LogP contribution >= 0.6 is 11.3 Å². The zero-order valence-electron chi connectivity index (χ0n) is 12.2. The minimum atomic E-state index is -0.365. The van der Waals surface area contributed by atoms with Gasteiger partial charge in [-0.1, -0.05) is 12.8 Å². The Morgan fingerprint density at radius 3 is 2.71 bits per heavy atom. The Hall–Kier alpha value is -1.36. The molecule has 0 aromatic carbocycles. The van der Waals surface area contributed by atoms with E-state index in [2.05, 4.69) is 5.32 Å². The summed E-state index contributed by atoms with van der Waals surface area (Å²) in [7, 11) is 0. The quantitative estimate of drug-likeness (QED) is 0.870. The fraction of sp³-hybridized carbons (Fsp3) is 0.625. The van der Waals surface area contributed by atoms with Crippen LogP contribution in [0.1, 0.15) is 58.6 Å². The smallest absolute Gasteiger partial charge is 0.348 e. The molecule has 2 aliphatic carbocycles. The number of ether oxygens (including phenoxy) is 1. The molecule has 2 aliphatic rings. The summed E-state index contributed by atoms with van der Waals surface area (Å²) in [5.74, 6) is -0.549. The van der Waals surface area contributed by atoms with Crippen LogP contribution in [-0.4, -0.2) is 24.5 Å². The van der Waals surface area contributed by atoms with E-state index in [-0.39, 0.29) is 24.5 Å². The highest BCUT2D eigenvalue weighted by Crippen LogP contribution is 2.30. The van der Waals surface area contributed by atoms with Crippen LogP contribution in [0.5, 0.6) is 0 Å². The van der Waals surface area contributed by atoms with Gasteiger partial charge in [-0.25, -0.2) is 4.79 Å². The highest BCUT2D eigenvalue weighted by molar-refractivity contribution is 7.14. The van der Waals surface area contributed by atoms with Gasteiger partial charge in [0.2, 0.25) is 0 Å². The number of esters is 1. The predicted molar refractivity (Wildman–Crippen MR) is 81.6 cm³/mol. The summed E-state index contributed by atoms with van der Waals surface area (Å²) in [5, 5.41) is 2.92.